The molecule has 0 aliphatic heterocycles. The average Bonchev–Trinajstić information content (AvgIpc) is 3.68. The summed E-state index contributed by atoms with van der Waals surface area (Å²) in [5.41, 5.74) is 13.5. The van der Waals surface area contributed by atoms with Crippen LogP contribution in [0.5, 0.6) is 23.0 Å². The highest BCUT2D eigenvalue weighted by Crippen LogP contribution is 2.56. The minimum Gasteiger partial charge on any atom is -0.457 e. The molecule has 0 saturated heterocycles. The number of hydrogen-bond acceptors (Lipinski definition) is 2. The summed E-state index contributed by atoms with van der Waals surface area (Å²) in [7, 11) is 0. The maximum atomic E-state index is 6.89. The number of para-hydroxylation sites is 2. The van der Waals surface area contributed by atoms with Crippen LogP contribution >= 0.6 is 0 Å². The Hall–Kier alpha value is -6.38. The van der Waals surface area contributed by atoms with Crippen molar-refractivity contribution in [1.29, 1.82) is 0 Å². The molecule has 12 rings (SSSR count). The third-order valence-electron chi connectivity index (χ3n) is 12.1. The molecule has 0 saturated carbocycles. The Bertz CT molecular complexity index is 2920. The fourth-order valence-corrected chi connectivity index (χ4v) is 9.87. The van der Waals surface area contributed by atoms with E-state index in [4.69, 9.17) is 9.47 Å². The summed E-state index contributed by atoms with van der Waals surface area (Å²) in [6, 6.07) is 41.5. The maximum Gasteiger partial charge on any atom is 0.135 e. The Kier molecular flexibility index (Phi) is 5.97. The highest BCUT2D eigenvalue weighted by atomic mass is 16.5. The fraction of sp³-hybridized carbons (Fsp3) is 0.0980. The number of ether oxygens (including phenoxy) is 2. The zero-order valence-corrected chi connectivity index (χ0v) is 29.3. The van der Waals surface area contributed by atoms with E-state index in [9.17, 15) is 0 Å². The smallest absolute Gasteiger partial charge is 0.135 e. The van der Waals surface area contributed by atoms with Gasteiger partial charge in [-0.1, -0.05) is 104 Å². The Morgan fingerprint density at radius 1 is 0.509 bits per heavy atom. The van der Waals surface area contributed by atoms with Crippen LogP contribution in [0.4, 0.5) is 0 Å². The van der Waals surface area contributed by atoms with Crippen LogP contribution in [0.1, 0.15) is 34.7 Å². The molecular weight excluding hydrogens is 645 g/mol. The molecule has 0 heterocycles. The molecule has 0 N–H and O–H groups in total. The molecule has 0 fully saturated rings. The van der Waals surface area contributed by atoms with E-state index < -0.39 is 0 Å². The summed E-state index contributed by atoms with van der Waals surface area (Å²) in [6.07, 6.45) is 17.3. The Morgan fingerprint density at radius 2 is 1.06 bits per heavy atom. The standard InChI is InChI=1S/C51H34O2/c1-29-21-31-13-10-20-36-38-24-41-44-27-48(52-32-14-4-2-5-15-32)45-25-39-35-19-9-12-30-11-8-18-34(50(30)35)37(39)23-40(45)43(44)28-49(53-33-16-6-3-7-17-33)46(41)26-42(38)47(22-29)51(31)36/h2-20,22-30,50H,21H2,1H3. The molecule has 2 nitrogen and oxygen atoms in total. The normalized spacial score (nSPS) is 19.7. The Balaban J connectivity index is 1.20. The topological polar surface area (TPSA) is 18.5 Å². The molecule has 0 amide bonds. The monoisotopic (exact) mass is 678 g/mol. The van der Waals surface area contributed by atoms with Gasteiger partial charge in [0.25, 0.3) is 0 Å². The highest BCUT2D eigenvalue weighted by Gasteiger charge is 2.38. The van der Waals surface area contributed by atoms with Gasteiger partial charge in [-0.3, -0.25) is 0 Å². The van der Waals surface area contributed by atoms with Gasteiger partial charge in [-0.15, -0.1) is 0 Å². The van der Waals surface area contributed by atoms with Crippen molar-refractivity contribution in [3.8, 4) is 34.1 Å². The first kappa shape index (κ1) is 29.2. The Morgan fingerprint density at radius 3 is 1.68 bits per heavy atom. The molecule has 0 spiro atoms. The first-order valence-corrected chi connectivity index (χ1v) is 18.8. The average molecular weight is 679 g/mol. The predicted molar refractivity (Wildman–Crippen MR) is 219 cm³/mol. The second-order valence-corrected chi connectivity index (χ2v) is 15.2. The zero-order chi connectivity index (χ0) is 34.8. The van der Waals surface area contributed by atoms with E-state index in [2.05, 4.69) is 104 Å². The molecule has 0 bridgehead atoms. The third-order valence-corrected chi connectivity index (χ3v) is 12.1. The molecule has 3 atom stereocenters. The van der Waals surface area contributed by atoms with Gasteiger partial charge in [-0.25, -0.2) is 0 Å². The first-order valence-electron chi connectivity index (χ1n) is 18.8. The zero-order valence-electron chi connectivity index (χ0n) is 29.3. The van der Waals surface area contributed by atoms with Crippen LogP contribution in [0.25, 0.3) is 60.2 Å². The van der Waals surface area contributed by atoms with Gasteiger partial charge in [0.15, 0.2) is 0 Å². The summed E-state index contributed by atoms with van der Waals surface area (Å²) < 4.78 is 13.8. The molecule has 5 aliphatic rings. The second kappa shape index (κ2) is 10.8. The van der Waals surface area contributed by atoms with Crippen LogP contribution in [0.2, 0.25) is 0 Å². The van der Waals surface area contributed by atoms with E-state index in [0.29, 0.717) is 17.8 Å². The fourth-order valence-electron chi connectivity index (χ4n) is 9.87. The summed E-state index contributed by atoms with van der Waals surface area (Å²) in [4.78, 5) is 0. The van der Waals surface area contributed by atoms with Crippen molar-refractivity contribution in [3.05, 3.63) is 186 Å². The molecular formula is C51H34O2. The van der Waals surface area contributed by atoms with Crippen molar-refractivity contribution < 1.29 is 9.47 Å². The van der Waals surface area contributed by atoms with E-state index >= 15 is 0 Å². The quantitative estimate of drug-likeness (QED) is 0.173. The lowest BCUT2D eigenvalue weighted by Crippen LogP contribution is -2.13. The van der Waals surface area contributed by atoms with Crippen LogP contribution in [-0.4, -0.2) is 0 Å². The van der Waals surface area contributed by atoms with Crippen LogP contribution in [0.3, 0.4) is 0 Å². The number of allylic oxidation sites excluding steroid dienone is 9. The van der Waals surface area contributed by atoms with Crippen molar-refractivity contribution in [2.45, 2.75) is 13.3 Å². The van der Waals surface area contributed by atoms with E-state index in [1.807, 2.05) is 60.7 Å². The van der Waals surface area contributed by atoms with Crippen LogP contribution in [0, 0.1) is 17.8 Å². The lowest BCUT2D eigenvalue weighted by molar-refractivity contribution is 0.488. The van der Waals surface area contributed by atoms with Gasteiger partial charge in [-0.2, -0.15) is 0 Å². The van der Waals surface area contributed by atoms with E-state index in [1.54, 1.807) is 0 Å². The molecule has 7 aromatic carbocycles. The van der Waals surface area contributed by atoms with E-state index in [-0.39, 0.29) is 0 Å². The van der Waals surface area contributed by atoms with Gasteiger partial charge in [-0.05, 0) is 150 Å². The lowest BCUT2D eigenvalue weighted by atomic mass is 9.78. The van der Waals surface area contributed by atoms with Crippen molar-refractivity contribution in [3.63, 3.8) is 0 Å². The largest absolute Gasteiger partial charge is 0.457 e. The van der Waals surface area contributed by atoms with Gasteiger partial charge in [0.05, 0.1) is 0 Å². The van der Waals surface area contributed by atoms with Gasteiger partial charge in [0, 0.05) is 22.6 Å². The summed E-state index contributed by atoms with van der Waals surface area (Å²) >= 11 is 0. The number of rotatable bonds is 4. The predicted octanol–water partition coefficient (Wildman–Crippen LogP) is 13.5. The minimum absolute atomic E-state index is 0.347. The van der Waals surface area contributed by atoms with Gasteiger partial charge < -0.3 is 9.47 Å². The Labute approximate surface area is 308 Å². The van der Waals surface area contributed by atoms with Crippen molar-refractivity contribution >= 4 is 49.0 Å². The van der Waals surface area contributed by atoms with Crippen molar-refractivity contribution in [2.24, 2.45) is 17.8 Å². The number of hydrogen-bond donors (Lipinski definition) is 0. The van der Waals surface area contributed by atoms with E-state index in [0.717, 1.165) is 56.3 Å². The maximum absolute atomic E-state index is 6.89. The third kappa shape index (κ3) is 4.21. The molecule has 0 radical (unpaired) electrons. The summed E-state index contributed by atoms with van der Waals surface area (Å²) in [5.74, 6) is 4.58. The van der Waals surface area contributed by atoms with Gasteiger partial charge in [0.2, 0.25) is 0 Å². The molecule has 250 valence electrons. The minimum atomic E-state index is 0.347. The summed E-state index contributed by atoms with van der Waals surface area (Å²) in [6.45, 7) is 2.33. The molecule has 0 aromatic heterocycles. The first-order chi connectivity index (χ1) is 26.2. The van der Waals surface area contributed by atoms with Crippen LogP contribution < -0.4 is 9.47 Å². The van der Waals surface area contributed by atoms with E-state index in [1.165, 1.54) is 61.0 Å². The molecule has 7 aromatic rings. The van der Waals surface area contributed by atoms with Crippen LogP contribution in [-0.2, 0) is 6.42 Å². The summed E-state index contributed by atoms with van der Waals surface area (Å²) in [5, 5.41) is 6.86. The molecule has 2 heteroatoms. The molecule has 3 unspecified atom stereocenters. The highest BCUT2D eigenvalue weighted by molar-refractivity contribution is 6.23. The number of benzene rings is 7. The lowest BCUT2D eigenvalue weighted by Gasteiger charge is -2.25. The van der Waals surface area contributed by atoms with Gasteiger partial charge in [0.1, 0.15) is 23.0 Å². The molecule has 5 aliphatic carbocycles. The van der Waals surface area contributed by atoms with Gasteiger partial charge >= 0.3 is 0 Å². The number of fused-ring (bicyclic) bond motifs is 11. The molecule has 53 heavy (non-hydrogen) atoms. The van der Waals surface area contributed by atoms with Crippen molar-refractivity contribution in [2.75, 3.05) is 0 Å². The van der Waals surface area contributed by atoms with Crippen molar-refractivity contribution in [1.82, 2.24) is 0 Å². The SMILES string of the molecule is CC1C=C2c3cc4c(Oc5ccccc5)cc5c6cc7c(cc6c(Oc6ccccc6)cc5c4cc3-c3cccc(c32)C1)C1=CC=CC2C=CC=C7C12. The second-order valence-electron chi connectivity index (χ2n) is 15.2. The van der Waals surface area contributed by atoms with Crippen LogP contribution in [0.15, 0.2) is 158 Å².